The highest BCUT2D eigenvalue weighted by molar-refractivity contribution is 6.29. The van der Waals surface area contributed by atoms with E-state index in [4.69, 9.17) is 11.6 Å². The lowest BCUT2D eigenvalue weighted by Crippen LogP contribution is -1.64. The summed E-state index contributed by atoms with van der Waals surface area (Å²) in [6, 6.07) is 0. The van der Waals surface area contributed by atoms with Crippen molar-refractivity contribution in [3.63, 3.8) is 0 Å². The molecule has 0 spiro atoms. The van der Waals surface area contributed by atoms with Gasteiger partial charge in [-0.2, -0.15) is 0 Å². The predicted octanol–water partition coefficient (Wildman–Crippen LogP) is 3.65. The van der Waals surface area contributed by atoms with Gasteiger partial charge >= 0.3 is 0 Å². The zero-order chi connectivity index (χ0) is 7.98. The molecule has 0 atom stereocenters. The summed E-state index contributed by atoms with van der Waals surface area (Å²) in [5.41, 5.74) is 1.21. The molecule has 10 heavy (non-hydrogen) atoms. The summed E-state index contributed by atoms with van der Waals surface area (Å²) in [5, 5.41) is 0.809. The topological polar surface area (TPSA) is 0 Å². The molecule has 0 fully saturated rings. The second-order valence-corrected chi connectivity index (χ2v) is 2.76. The number of hydrogen-bond acceptors (Lipinski definition) is 0. The zero-order valence-corrected chi connectivity index (χ0v) is 7.44. The molecule has 0 nitrogen and oxygen atoms in total. The first-order valence-corrected chi connectivity index (χ1v) is 3.68. The van der Waals surface area contributed by atoms with Crippen molar-refractivity contribution < 1.29 is 0 Å². The molecular formula is C9H13Cl. The van der Waals surface area contributed by atoms with Crippen molar-refractivity contribution in [3.05, 3.63) is 34.9 Å². The summed E-state index contributed by atoms with van der Waals surface area (Å²) in [7, 11) is 0. The lowest BCUT2D eigenvalue weighted by atomic mass is 10.2. The van der Waals surface area contributed by atoms with E-state index in [-0.39, 0.29) is 0 Å². The van der Waals surface area contributed by atoms with Gasteiger partial charge in [0, 0.05) is 5.03 Å². The van der Waals surface area contributed by atoms with Crippen molar-refractivity contribution in [1.29, 1.82) is 0 Å². The summed E-state index contributed by atoms with van der Waals surface area (Å²) in [6.45, 7) is 5.89. The van der Waals surface area contributed by atoms with Crippen LogP contribution < -0.4 is 0 Å². The minimum Gasteiger partial charge on any atom is -0.0895 e. The second kappa shape index (κ2) is 5.31. The Morgan fingerprint density at radius 2 is 1.80 bits per heavy atom. The first-order valence-electron chi connectivity index (χ1n) is 3.30. The monoisotopic (exact) mass is 156 g/mol. The Hall–Kier alpha value is -0.490. The highest BCUT2D eigenvalue weighted by Gasteiger charge is 1.77. The first-order chi connectivity index (χ1) is 4.66. The van der Waals surface area contributed by atoms with Crippen molar-refractivity contribution in [3.8, 4) is 0 Å². The highest BCUT2D eigenvalue weighted by Crippen LogP contribution is 2.01. The Balaban J connectivity index is 4.05. The van der Waals surface area contributed by atoms with Gasteiger partial charge in [-0.25, -0.2) is 0 Å². The molecule has 0 amide bonds. The molecule has 0 rings (SSSR count). The molecule has 0 heterocycles. The van der Waals surface area contributed by atoms with Gasteiger partial charge in [0.2, 0.25) is 0 Å². The summed E-state index contributed by atoms with van der Waals surface area (Å²) < 4.78 is 0. The van der Waals surface area contributed by atoms with Gasteiger partial charge in [0.15, 0.2) is 0 Å². The molecule has 0 bridgehead atoms. The van der Waals surface area contributed by atoms with Crippen molar-refractivity contribution in [2.45, 2.75) is 20.8 Å². The van der Waals surface area contributed by atoms with Gasteiger partial charge in [-0.3, -0.25) is 0 Å². The van der Waals surface area contributed by atoms with Crippen molar-refractivity contribution in [1.82, 2.24) is 0 Å². The van der Waals surface area contributed by atoms with Gasteiger partial charge in [0.25, 0.3) is 0 Å². The van der Waals surface area contributed by atoms with Crippen LogP contribution >= 0.6 is 11.6 Å². The molecule has 0 aromatic heterocycles. The van der Waals surface area contributed by atoms with Gasteiger partial charge in [0.05, 0.1) is 0 Å². The van der Waals surface area contributed by atoms with E-state index in [2.05, 4.69) is 0 Å². The van der Waals surface area contributed by atoms with E-state index in [1.807, 2.05) is 45.1 Å². The smallest absolute Gasteiger partial charge is 0.0150 e. The Labute approximate surface area is 67.9 Å². The van der Waals surface area contributed by atoms with Crippen LogP contribution in [0.3, 0.4) is 0 Å². The van der Waals surface area contributed by atoms with Crippen LogP contribution in [0.1, 0.15) is 20.8 Å². The molecule has 56 valence electrons. The molecular weight excluding hydrogens is 144 g/mol. The van der Waals surface area contributed by atoms with Crippen molar-refractivity contribution in [2.24, 2.45) is 0 Å². The van der Waals surface area contributed by atoms with E-state index in [0.717, 1.165) is 5.03 Å². The van der Waals surface area contributed by atoms with E-state index in [1.54, 1.807) is 0 Å². The van der Waals surface area contributed by atoms with E-state index >= 15 is 0 Å². The molecule has 0 aliphatic rings. The maximum absolute atomic E-state index is 5.61. The van der Waals surface area contributed by atoms with Crippen LogP contribution in [-0.2, 0) is 0 Å². The molecule has 0 unspecified atom stereocenters. The van der Waals surface area contributed by atoms with E-state index in [9.17, 15) is 0 Å². The third-order valence-electron chi connectivity index (χ3n) is 1.01. The largest absolute Gasteiger partial charge is 0.0895 e. The lowest BCUT2D eigenvalue weighted by Gasteiger charge is -1.86. The zero-order valence-electron chi connectivity index (χ0n) is 6.69. The quantitative estimate of drug-likeness (QED) is 0.536. The van der Waals surface area contributed by atoms with Gasteiger partial charge in [-0.1, -0.05) is 35.4 Å². The van der Waals surface area contributed by atoms with Gasteiger partial charge in [0.1, 0.15) is 0 Å². The Morgan fingerprint density at radius 1 is 1.20 bits per heavy atom. The third-order valence-corrected chi connectivity index (χ3v) is 1.13. The fourth-order valence-electron chi connectivity index (χ4n) is 0.565. The fourth-order valence-corrected chi connectivity index (χ4v) is 0.628. The van der Waals surface area contributed by atoms with E-state index in [0.29, 0.717) is 0 Å². The van der Waals surface area contributed by atoms with E-state index in [1.165, 1.54) is 5.57 Å². The van der Waals surface area contributed by atoms with Crippen molar-refractivity contribution in [2.75, 3.05) is 0 Å². The standard InChI is InChI=1S/C9H13Cl/c1-4-5-8(2)6-7-9(3)10/h4-7H,1-3H3/b5-4-,8-6-,9-7+. The normalized spacial score (nSPS) is 14.8. The van der Waals surface area contributed by atoms with Crippen LogP contribution in [0.25, 0.3) is 0 Å². The number of allylic oxidation sites excluding steroid dienone is 6. The van der Waals surface area contributed by atoms with Crippen LogP contribution in [0.2, 0.25) is 0 Å². The summed E-state index contributed by atoms with van der Waals surface area (Å²) in [5.74, 6) is 0. The molecule has 0 aliphatic heterocycles. The molecule has 0 aromatic rings. The molecule has 0 saturated carbocycles. The van der Waals surface area contributed by atoms with Crippen LogP contribution in [0, 0.1) is 0 Å². The molecule has 0 saturated heterocycles. The SMILES string of the molecule is C\C=C/C(C)=C\C=C(/C)Cl. The Morgan fingerprint density at radius 3 is 2.20 bits per heavy atom. The third kappa shape index (κ3) is 5.64. The molecule has 0 aromatic carbocycles. The Kier molecular flexibility index (Phi) is 5.05. The average Bonchev–Trinajstić information content (AvgIpc) is 1.85. The van der Waals surface area contributed by atoms with Crippen molar-refractivity contribution >= 4 is 11.6 Å². The van der Waals surface area contributed by atoms with Crippen LogP contribution in [0.15, 0.2) is 34.9 Å². The molecule has 0 radical (unpaired) electrons. The number of rotatable bonds is 2. The summed E-state index contributed by atoms with van der Waals surface area (Å²) >= 11 is 5.61. The number of halogens is 1. The van der Waals surface area contributed by atoms with Gasteiger partial charge in [-0.05, 0) is 26.8 Å². The van der Waals surface area contributed by atoms with Crippen LogP contribution in [-0.4, -0.2) is 0 Å². The van der Waals surface area contributed by atoms with Gasteiger partial charge in [-0.15, -0.1) is 0 Å². The Bertz CT molecular complexity index is 169. The minimum absolute atomic E-state index is 0.809. The van der Waals surface area contributed by atoms with Gasteiger partial charge < -0.3 is 0 Å². The minimum atomic E-state index is 0.809. The van der Waals surface area contributed by atoms with Crippen LogP contribution in [0.5, 0.6) is 0 Å². The second-order valence-electron chi connectivity index (χ2n) is 2.16. The maximum Gasteiger partial charge on any atom is 0.0150 e. The fraction of sp³-hybridized carbons (Fsp3) is 0.333. The summed E-state index contributed by atoms with van der Waals surface area (Å²) in [6.07, 6.45) is 7.92. The number of hydrogen-bond donors (Lipinski definition) is 0. The lowest BCUT2D eigenvalue weighted by molar-refractivity contribution is 1.49. The van der Waals surface area contributed by atoms with E-state index < -0.39 is 0 Å². The maximum atomic E-state index is 5.61. The first kappa shape index (κ1) is 9.51. The predicted molar refractivity (Wildman–Crippen MR) is 48.2 cm³/mol. The molecule has 0 N–H and O–H groups in total. The molecule has 0 aliphatic carbocycles. The molecule has 1 heteroatoms. The highest BCUT2D eigenvalue weighted by atomic mass is 35.5. The summed E-state index contributed by atoms with van der Waals surface area (Å²) in [4.78, 5) is 0. The van der Waals surface area contributed by atoms with Crippen LogP contribution in [0.4, 0.5) is 0 Å². The average molecular weight is 157 g/mol.